The molecule has 1 fully saturated rings. The molecule has 21 heavy (non-hydrogen) atoms. The van der Waals surface area contributed by atoms with Crippen molar-refractivity contribution >= 4 is 0 Å². The SMILES string of the molecule is CCCNCc1cnc(OCCN2CCCCC2)nc1C. The molecule has 0 bridgehead atoms. The summed E-state index contributed by atoms with van der Waals surface area (Å²) < 4.78 is 5.69. The average molecular weight is 292 g/mol. The van der Waals surface area contributed by atoms with E-state index >= 15 is 0 Å². The number of likely N-dealkylation sites (tertiary alicyclic amines) is 1. The fraction of sp³-hybridized carbons (Fsp3) is 0.750. The number of hydrogen-bond donors (Lipinski definition) is 1. The summed E-state index contributed by atoms with van der Waals surface area (Å²) in [7, 11) is 0. The molecular formula is C16H28N4O. The van der Waals surface area contributed by atoms with Gasteiger partial charge in [0, 0.05) is 30.5 Å². The minimum atomic E-state index is 0.503. The lowest BCUT2D eigenvalue weighted by Crippen LogP contribution is -2.33. The van der Waals surface area contributed by atoms with Gasteiger partial charge in [-0.25, -0.2) is 9.97 Å². The summed E-state index contributed by atoms with van der Waals surface area (Å²) in [6.07, 6.45) is 7.01. The van der Waals surface area contributed by atoms with E-state index < -0.39 is 0 Å². The summed E-state index contributed by atoms with van der Waals surface area (Å²) in [6, 6.07) is 0.503. The van der Waals surface area contributed by atoms with Gasteiger partial charge in [-0.2, -0.15) is 0 Å². The molecule has 0 aromatic carbocycles. The molecule has 2 heterocycles. The van der Waals surface area contributed by atoms with Gasteiger partial charge in [-0.1, -0.05) is 13.3 Å². The molecule has 1 N–H and O–H groups in total. The monoisotopic (exact) mass is 292 g/mol. The molecule has 0 saturated carbocycles. The molecule has 118 valence electrons. The van der Waals surface area contributed by atoms with Crippen molar-refractivity contribution in [1.29, 1.82) is 0 Å². The zero-order valence-corrected chi connectivity index (χ0v) is 13.4. The van der Waals surface area contributed by atoms with Gasteiger partial charge >= 0.3 is 6.01 Å². The van der Waals surface area contributed by atoms with Crippen LogP contribution in [0, 0.1) is 6.92 Å². The Labute approximate surface area is 128 Å². The first-order valence-electron chi connectivity index (χ1n) is 8.18. The van der Waals surface area contributed by atoms with Crippen molar-refractivity contribution in [3.05, 3.63) is 17.5 Å². The second-order valence-corrected chi connectivity index (χ2v) is 5.69. The number of aromatic nitrogens is 2. The molecule has 1 aliphatic heterocycles. The maximum atomic E-state index is 5.69. The number of piperidine rings is 1. The van der Waals surface area contributed by atoms with Crippen LogP contribution in [0.15, 0.2) is 6.20 Å². The molecule has 0 spiro atoms. The van der Waals surface area contributed by atoms with Crippen LogP contribution in [-0.2, 0) is 6.54 Å². The van der Waals surface area contributed by atoms with Crippen LogP contribution in [-0.4, -0.2) is 47.7 Å². The summed E-state index contributed by atoms with van der Waals surface area (Å²) >= 11 is 0. The number of rotatable bonds is 8. The molecule has 0 aliphatic carbocycles. The van der Waals surface area contributed by atoms with E-state index in [4.69, 9.17) is 4.74 Å². The molecule has 0 atom stereocenters. The second-order valence-electron chi connectivity index (χ2n) is 5.69. The number of nitrogens with one attached hydrogen (secondary N) is 1. The van der Waals surface area contributed by atoms with Gasteiger partial charge in [-0.05, 0) is 45.8 Å². The van der Waals surface area contributed by atoms with Crippen LogP contribution in [0.1, 0.15) is 43.9 Å². The van der Waals surface area contributed by atoms with Crippen molar-refractivity contribution in [3.63, 3.8) is 0 Å². The second kappa shape index (κ2) is 8.95. The van der Waals surface area contributed by atoms with E-state index in [-0.39, 0.29) is 0 Å². The Morgan fingerprint density at radius 1 is 1.29 bits per heavy atom. The van der Waals surface area contributed by atoms with Crippen LogP contribution >= 0.6 is 0 Å². The van der Waals surface area contributed by atoms with Crippen LogP contribution in [0.3, 0.4) is 0 Å². The average Bonchev–Trinajstić information content (AvgIpc) is 2.51. The van der Waals surface area contributed by atoms with Gasteiger partial charge < -0.3 is 10.1 Å². The molecule has 5 nitrogen and oxygen atoms in total. The zero-order chi connectivity index (χ0) is 14.9. The van der Waals surface area contributed by atoms with Gasteiger partial charge in [0.05, 0.1) is 0 Å². The van der Waals surface area contributed by atoms with Gasteiger partial charge in [-0.3, -0.25) is 4.90 Å². The van der Waals surface area contributed by atoms with Gasteiger partial charge in [0.15, 0.2) is 0 Å². The number of ether oxygens (including phenoxy) is 1. The van der Waals surface area contributed by atoms with E-state index in [1.165, 1.54) is 32.4 Å². The quantitative estimate of drug-likeness (QED) is 0.744. The van der Waals surface area contributed by atoms with E-state index in [0.29, 0.717) is 12.6 Å². The number of hydrogen-bond acceptors (Lipinski definition) is 5. The van der Waals surface area contributed by atoms with Crippen molar-refractivity contribution in [3.8, 4) is 6.01 Å². The molecule has 0 unspecified atom stereocenters. The summed E-state index contributed by atoms with van der Waals surface area (Å²) in [5, 5.41) is 3.37. The molecule has 0 radical (unpaired) electrons. The molecule has 2 rings (SSSR count). The fourth-order valence-corrected chi connectivity index (χ4v) is 2.56. The Morgan fingerprint density at radius 3 is 2.81 bits per heavy atom. The Kier molecular flexibility index (Phi) is 6.89. The Balaban J connectivity index is 1.74. The first-order chi connectivity index (χ1) is 10.3. The predicted molar refractivity (Wildman–Crippen MR) is 84.6 cm³/mol. The maximum Gasteiger partial charge on any atom is 0.316 e. The summed E-state index contributed by atoms with van der Waals surface area (Å²) in [5.74, 6) is 0. The third-order valence-electron chi connectivity index (χ3n) is 3.89. The van der Waals surface area contributed by atoms with Crippen molar-refractivity contribution in [2.24, 2.45) is 0 Å². The third-order valence-corrected chi connectivity index (χ3v) is 3.89. The standard InChI is InChI=1S/C16H28N4O/c1-3-7-17-12-15-13-18-16(19-14(15)2)21-11-10-20-8-5-4-6-9-20/h13,17H,3-12H2,1-2H3. The highest BCUT2D eigenvalue weighted by molar-refractivity contribution is 5.17. The summed E-state index contributed by atoms with van der Waals surface area (Å²) in [6.45, 7) is 10.1. The summed E-state index contributed by atoms with van der Waals surface area (Å²) in [5.41, 5.74) is 2.15. The van der Waals surface area contributed by atoms with E-state index in [9.17, 15) is 0 Å². The van der Waals surface area contributed by atoms with E-state index in [2.05, 4.69) is 27.1 Å². The molecule has 1 aliphatic rings. The maximum absolute atomic E-state index is 5.69. The van der Waals surface area contributed by atoms with Crippen molar-refractivity contribution in [2.45, 2.75) is 46.1 Å². The predicted octanol–water partition coefficient (Wildman–Crippen LogP) is 2.15. The zero-order valence-electron chi connectivity index (χ0n) is 13.4. The normalized spacial score (nSPS) is 16.1. The summed E-state index contributed by atoms with van der Waals surface area (Å²) in [4.78, 5) is 11.2. The largest absolute Gasteiger partial charge is 0.462 e. The van der Waals surface area contributed by atoms with Crippen molar-refractivity contribution < 1.29 is 4.74 Å². The van der Waals surface area contributed by atoms with Gasteiger partial charge in [0.1, 0.15) is 6.61 Å². The number of aryl methyl sites for hydroxylation is 1. The highest BCUT2D eigenvalue weighted by Gasteiger charge is 2.10. The minimum Gasteiger partial charge on any atom is -0.462 e. The van der Waals surface area contributed by atoms with E-state index in [0.717, 1.165) is 37.3 Å². The molecule has 1 aromatic heterocycles. The minimum absolute atomic E-state index is 0.503. The smallest absolute Gasteiger partial charge is 0.316 e. The van der Waals surface area contributed by atoms with Crippen LogP contribution in [0.4, 0.5) is 0 Å². The van der Waals surface area contributed by atoms with Crippen LogP contribution < -0.4 is 10.1 Å². The van der Waals surface area contributed by atoms with Crippen LogP contribution in [0.2, 0.25) is 0 Å². The lowest BCUT2D eigenvalue weighted by atomic mass is 10.1. The lowest BCUT2D eigenvalue weighted by Gasteiger charge is -2.25. The highest BCUT2D eigenvalue weighted by atomic mass is 16.5. The number of nitrogens with zero attached hydrogens (tertiary/aromatic N) is 3. The molecule has 1 saturated heterocycles. The fourth-order valence-electron chi connectivity index (χ4n) is 2.56. The third kappa shape index (κ3) is 5.59. The van der Waals surface area contributed by atoms with Gasteiger partial charge in [0.25, 0.3) is 0 Å². The highest BCUT2D eigenvalue weighted by Crippen LogP contribution is 2.10. The van der Waals surface area contributed by atoms with Crippen LogP contribution in [0.5, 0.6) is 6.01 Å². The molecular weight excluding hydrogens is 264 g/mol. The lowest BCUT2D eigenvalue weighted by molar-refractivity contribution is 0.177. The van der Waals surface area contributed by atoms with Gasteiger partial charge in [-0.15, -0.1) is 0 Å². The van der Waals surface area contributed by atoms with E-state index in [1.54, 1.807) is 0 Å². The molecule has 1 aromatic rings. The van der Waals surface area contributed by atoms with Crippen molar-refractivity contribution in [1.82, 2.24) is 20.2 Å². The van der Waals surface area contributed by atoms with Crippen molar-refractivity contribution in [2.75, 3.05) is 32.8 Å². The van der Waals surface area contributed by atoms with Gasteiger partial charge in [0.2, 0.25) is 0 Å². The van der Waals surface area contributed by atoms with Crippen LogP contribution in [0.25, 0.3) is 0 Å². The Bertz CT molecular complexity index is 419. The first-order valence-corrected chi connectivity index (χ1v) is 8.18. The molecule has 0 amide bonds. The van der Waals surface area contributed by atoms with E-state index in [1.807, 2.05) is 13.1 Å². The first kappa shape index (κ1) is 16.2. The Morgan fingerprint density at radius 2 is 2.10 bits per heavy atom. The topological polar surface area (TPSA) is 50.3 Å². The molecule has 5 heteroatoms. The Hall–Kier alpha value is -1.20.